The highest BCUT2D eigenvalue weighted by atomic mass is 16.5. The van der Waals surface area contributed by atoms with Crippen LogP contribution >= 0.6 is 0 Å². The van der Waals surface area contributed by atoms with E-state index in [0.29, 0.717) is 19.6 Å². The zero-order valence-electron chi connectivity index (χ0n) is 21.5. The van der Waals surface area contributed by atoms with Gasteiger partial charge in [0.25, 0.3) is 0 Å². The van der Waals surface area contributed by atoms with E-state index in [1.54, 1.807) is 0 Å². The molecule has 5 nitrogen and oxygen atoms in total. The highest BCUT2D eigenvalue weighted by Crippen LogP contribution is 2.34. The van der Waals surface area contributed by atoms with E-state index in [1.165, 1.54) is 16.7 Å². The number of anilines is 1. The fourth-order valence-electron chi connectivity index (χ4n) is 5.05. The molecule has 1 aromatic heterocycles. The first-order chi connectivity index (χ1) is 17.5. The molecule has 1 aliphatic heterocycles. The molecule has 4 aromatic rings. The highest BCUT2D eigenvalue weighted by Gasteiger charge is 2.34. The Balaban J connectivity index is 1.28. The van der Waals surface area contributed by atoms with E-state index in [2.05, 4.69) is 86.0 Å². The third-order valence-electron chi connectivity index (χ3n) is 7.35. The summed E-state index contributed by atoms with van der Waals surface area (Å²) in [7, 11) is 0. The van der Waals surface area contributed by atoms with Crippen LogP contribution in [0.4, 0.5) is 5.69 Å². The Morgan fingerprint density at radius 2 is 1.78 bits per heavy atom. The quantitative estimate of drug-likeness (QED) is 0.253. The Bertz CT molecular complexity index is 1360. The predicted molar refractivity (Wildman–Crippen MR) is 146 cm³/mol. The first-order valence-electron chi connectivity index (χ1n) is 13.1. The minimum atomic E-state index is 0.0832. The molecule has 1 fully saturated rings. The molecule has 1 amide bonds. The summed E-state index contributed by atoms with van der Waals surface area (Å²) in [5.41, 5.74) is 6.89. The standard InChI is InChI=1S/C31H35N3O2/c1-4-24-12-15-27(16-13-24)36-18-8-7-17-33-29-10-6-5-9-28(29)32-31(33)25-20-30(35)34(21-25)26-14-11-22(2)23(3)19-26/h5-6,9-16,19,25H,4,7-8,17-18,20-21H2,1-3H3. The van der Waals surface area contributed by atoms with Crippen molar-refractivity contribution in [2.24, 2.45) is 0 Å². The van der Waals surface area contributed by atoms with Crippen molar-refractivity contribution >= 4 is 22.6 Å². The lowest BCUT2D eigenvalue weighted by molar-refractivity contribution is -0.117. The van der Waals surface area contributed by atoms with Gasteiger partial charge >= 0.3 is 0 Å². The first kappa shape index (κ1) is 24.1. The Morgan fingerprint density at radius 3 is 2.56 bits per heavy atom. The van der Waals surface area contributed by atoms with Gasteiger partial charge in [-0.1, -0.05) is 37.3 Å². The van der Waals surface area contributed by atoms with Crippen molar-refractivity contribution in [1.82, 2.24) is 9.55 Å². The number of hydrogen-bond acceptors (Lipinski definition) is 3. The van der Waals surface area contributed by atoms with E-state index in [0.717, 1.165) is 54.1 Å². The number of unbranched alkanes of at least 4 members (excludes halogenated alkanes) is 1. The number of benzene rings is 3. The third kappa shape index (κ3) is 5.01. The number of carbonyl (C=O) groups excluding carboxylic acids is 1. The summed E-state index contributed by atoms with van der Waals surface area (Å²) in [6, 6.07) is 22.9. The van der Waals surface area contributed by atoms with Crippen LogP contribution in [0.5, 0.6) is 5.75 Å². The van der Waals surface area contributed by atoms with Crippen molar-refractivity contribution in [2.75, 3.05) is 18.1 Å². The van der Waals surface area contributed by atoms with E-state index in [9.17, 15) is 4.79 Å². The van der Waals surface area contributed by atoms with E-state index < -0.39 is 0 Å². The van der Waals surface area contributed by atoms with E-state index >= 15 is 0 Å². The predicted octanol–water partition coefficient (Wildman–Crippen LogP) is 6.60. The van der Waals surface area contributed by atoms with Crippen molar-refractivity contribution in [1.29, 1.82) is 0 Å². The molecule has 1 saturated heterocycles. The number of ether oxygens (including phenoxy) is 1. The van der Waals surface area contributed by atoms with Crippen LogP contribution in [0.1, 0.15) is 54.6 Å². The lowest BCUT2D eigenvalue weighted by Crippen LogP contribution is -2.24. The average molecular weight is 482 g/mol. The summed E-state index contributed by atoms with van der Waals surface area (Å²) >= 11 is 0. The summed E-state index contributed by atoms with van der Waals surface area (Å²) in [5, 5.41) is 0. The Labute approximate surface area is 213 Å². The molecule has 0 spiro atoms. The molecule has 1 aliphatic rings. The molecule has 5 heteroatoms. The molecular weight excluding hydrogens is 446 g/mol. The van der Waals surface area contributed by atoms with Crippen LogP contribution < -0.4 is 9.64 Å². The van der Waals surface area contributed by atoms with Crippen molar-refractivity contribution in [3.63, 3.8) is 0 Å². The van der Waals surface area contributed by atoms with Crippen LogP contribution in [-0.2, 0) is 17.8 Å². The van der Waals surface area contributed by atoms with Crippen LogP contribution in [0.25, 0.3) is 11.0 Å². The highest BCUT2D eigenvalue weighted by molar-refractivity contribution is 5.96. The largest absolute Gasteiger partial charge is 0.494 e. The zero-order chi connectivity index (χ0) is 25.1. The average Bonchev–Trinajstić information content (AvgIpc) is 3.46. The molecule has 36 heavy (non-hydrogen) atoms. The van der Waals surface area contributed by atoms with Gasteiger partial charge in [-0.3, -0.25) is 4.79 Å². The molecular formula is C31H35N3O2. The second kappa shape index (κ2) is 10.6. The second-order valence-corrected chi connectivity index (χ2v) is 9.84. The molecule has 2 heterocycles. The Kier molecular flexibility index (Phi) is 7.08. The summed E-state index contributed by atoms with van der Waals surface area (Å²) in [5.74, 6) is 2.20. The third-order valence-corrected chi connectivity index (χ3v) is 7.35. The molecule has 0 radical (unpaired) electrons. The number of aryl methyl sites for hydroxylation is 4. The number of amides is 1. The maximum absolute atomic E-state index is 13.0. The molecule has 1 atom stereocenters. The number of fused-ring (bicyclic) bond motifs is 1. The fourth-order valence-corrected chi connectivity index (χ4v) is 5.05. The van der Waals surface area contributed by atoms with Gasteiger partial charge in [0.1, 0.15) is 11.6 Å². The summed E-state index contributed by atoms with van der Waals surface area (Å²) in [6.45, 7) is 8.58. The normalized spacial score (nSPS) is 15.7. The van der Waals surface area contributed by atoms with Gasteiger partial charge in [-0.25, -0.2) is 4.98 Å². The van der Waals surface area contributed by atoms with Crippen molar-refractivity contribution in [3.05, 3.63) is 89.2 Å². The fraction of sp³-hybridized carbons (Fsp3) is 0.355. The topological polar surface area (TPSA) is 47.4 Å². The van der Waals surface area contributed by atoms with Crippen molar-refractivity contribution < 1.29 is 9.53 Å². The number of aromatic nitrogens is 2. The van der Waals surface area contributed by atoms with Gasteiger partial charge in [0, 0.05) is 31.1 Å². The van der Waals surface area contributed by atoms with Crippen LogP contribution in [-0.4, -0.2) is 28.6 Å². The molecule has 1 unspecified atom stereocenters. The smallest absolute Gasteiger partial charge is 0.227 e. The Morgan fingerprint density at radius 1 is 0.972 bits per heavy atom. The number of carbonyl (C=O) groups is 1. The van der Waals surface area contributed by atoms with Gasteiger partial charge in [-0.05, 0) is 86.2 Å². The minimum Gasteiger partial charge on any atom is -0.494 e. The van der Waals surface area contributed by atoms with Gasteiger partial charge in [0.2, 0.25) is 5.91 Å². The first-order valence-corrected chi connectivity index (χ1v) is 13.1. The van der Waals surface area contributed by atoms with E-state index in [1.807, 2.05) is 11.0 Å². The minimum absolute atomic E-state index is 0.0832. The second-order valence-electron chi connectivity index (χ2n) is 9.84. The zero-order valence-corrected chi connectivity index (χ0v) is 21.5. The van der Waals surface area contributed by atoms with Gasteiger partial charge in [0.15, 0.2) is 0 Å². The maximum atomic E-state index is 13.0. The molecule has 3 aromatic carbocycles. The van der Waals surface area contributed by atoms with Crippen LogP contribution in [0.15, 0.2) is 66.7 Å². The summed E-state index contributed by atoms with van der Waals surface area (Å²) in [6.07, 6.45) is 3.48. The van der Waals surface area contributed by atoms with E-state index in [4.69, 9.17) is 9.72 Å². The van der Waals surface area contributed by atoms with Gasteiger partial charge in [-0.15, -0.1) is 0 Å². The molecule has 0 aliphatic carbocycles. The summed E-state index contributed by atoms with van der Waals surface area (Å²) < 4.78 is 8.29. The number of imidazole rings is 1. The lowest BCUT2D eigenvalue weighted by Gasteiger charge is -2.18. The van der Waals surface area contributed by atoms with Crippen molar-refractivity contribution in [3.8, 4) is 5.75 Å². The van der Waals surface area contributed by atoms with Gasteiger partial charge in [-0.2, -0.15) is 0 Å². The summed E-state index contributed by atoms with van der Waals surface area (Å²) in [4.78, 5) is 20.0. The Hall–Kier alpha value is -3.60. The lowest BCUT2D eigenvalue weighted by atomic mass is 10.1. The van der Waals surface area contributed by atoms with Crippen molar-refractivity contribution in [2.45, 2.75) is 58.9 Å². The number of rotatable bonds is 9. The number of para-hydroxylation sites is 2. The van der Waals surface area contributed by atoms with E-state index in [-0.39, 0.29) is 11.8 Å². The van der Waals surface area contributed by atoms with Crippen LogP contribution in [0, 0.1) is 13.8 Å². The SMILES string of the molecule is CCc1ccc(OCCCCn2c(C3CC(=O)N(c4ccc(C)c(C)c4)C3)nc3ccccc32)cc1. The molecule has 0 bridgehead atoms. The molecule has 0 saturated carbocycles. The monoisotopic (exact) mass is 481 g/mol. The maximum Gasteiger partial charge on any atom is 0.227 e. The van der Waals surface area contributed by atoms with Gasteiger partial charge in [0.05, 0.1) is 17.6 Å². The molecule has 5 rings (SSSR count). The number of hydrogen-bond donors (Lipinski definition) is 0. The number of nitrogens with zero attached hydrogens (tertiary/aromatic N) is 3. The molecule has 186 valence electrons. The molecule has 0 N–H and O–H groups in total. The van der Waals surface area contributed by atoms with Gasteiger partial charge < -0.3 is 14.2 Å². The van der Waals surface area contributed by atoms with Crippen LogP contribution in [0.2, 0.25) is 0 Å². The van der Waals surface area contributed by atoms with Crippen LogP contribution in [0.3, 0.4) is 0 Å².